The van der Waals surface area contributed by atoms with Gasteiger partial charge in [0, 0.05) is 10.8 Å². The van der Waals surface area contributed by atoms with Crippen LogP contribution in [0.15, 0.2) is 5.38 Å². The molecular formula is C14H26N2S. The quantitative estimate of drug-likeness (QED) is 0.854. The second-order valence-corrected chi connectivity index (χ2v) is 6.55. The van der Waals surface area contributed by atoms with Crippen molar-refractivity contribution in [1.82, 2.24) is 10.3 Å². The minimum absolute atomic E-state index is 0.154. The van der Waals surface area contributed by atoms with Gasteiger partial charge in [-0.05, 0) is 13.0 Å². The van der Waals surface area contributed by atoms with E-state index in [0.717, 1.165) is 0 Å². The van der Waals surface area contributed by atoms with Gasteiger partial charge < -0.3 is 5.32 Å². The highest BCUT2D eigenvalue weighted by atomic mass is 32.1. The molecule has 1 N–H and O–H groups in total. The van der Waals surface area contributed by atoms with Crippen molar-refractivity contribution >= 4 is 11.3 Å². The number of thiazole rings is 1. The van der Waals surface area contributed by atoms with Crippen molar-refractivity contribution in [2.75, 3.05) is 7.05 Å². The zero-order chi connectivity index (χ0) is 13.1. The molecule has 0 amide bonds. The number of rotatable bonds is 5. The number of hydrogen-bond acceptors (Lipinski definition) is 3. The highest BCUT2D eigenvalue weighted by molar-refractivity contribution is 7.09. The second-order valence-electron chi connectivity index (χ2n) is 5.66. The molecule has 0 aliphatic carbocycles. The van der Waals surface area contributed by atoms with E-state index in [1.807, 2.05) is 7.05 Å². The van der Waals surface area contributed by atoms with Gasteiger partial charge in [-0.1, -0.05) is 47.5 Å². The standard InChI is InChI=1S/C14H26N2S/c1-7-10(8-2)12(15-6)13-16-11(9-17-13)14(3,4)5/h9-10,12,15H,7-8H2,1-6H3. The van der Waals surface area contributed by atoms with E-state index in [1.165, 1.54) is 23.5 Å². The molecule has 3 heteroatoms. The zero-order valence-corrected chi connectivity index (χ0v) is 12.8. The average Bonchev–Trinajstić information content (AvgIpc) is 2.74. The van der Waals surface area contributed by atoms with E-state index in [4.69, 9.17) is 4.98 Å². The first-order valence-corrected chi connectivity index (χ1v) is 7.45. The van der Waals surface area contributed by atoms with Gasteiger partial charge in [0.1, 0.15) is 5.01 Å². The molecule has 1 unspecified atom stereocenters. The summed E-state index contributed by atoms with van der Waals surface area (Å²) >= 11 is 1.79. The molecule has 0 aromatic carbocycles. The normalized spacial score (nSPS) is 14.3. The molecule has 0 fully saturated rings. The zero-order valence-electron chi connectivity index (χ0n) is 12.0. The van der Waals surface area contributed by atoms with Crippen LogP contribution in [0.4, 0.5) is 0 Å². The van der Waals surface area contributed by atoms with Crippen LogP contribution < -0.4 is 5.32 Å². The number of nitrogens with one attached hydrogen (secondary N) is 1. The third kappa shape index (κ3) is 3.52. The fourth-order valence-electron chi connectivity index (χ4n) is 2.10. The predicted octanol–water partition coefficient (Wildman–Crippen LogP) is 4.14. The van der Waals surface area contributed by atoms with Crippen LogP contribution in [0.5, 0.6) is 0 Å². The Bertz CT molecular complexity index is 334. The van der Waals surface area contributed by atoms with Gasteiger partial charge in [-0.2, -0.15) is 0 Å². The lowest BCUT2D eigenvalue weighted by molar-refractivity contribution is 0.357. The predicted molar refractivity (Wildman–Crippen MR) is 76.7 cm³/mol. The Kier molecular flexibility index (Phi) is 5.14. The molecule has 0 saturated carbocycles. The lowest BCUT2D eigenvalue weighted by Gasteiger charge is -2.23. The number of nitrogens with zero attached hydrogens (tertiary/aromatic N) is 1. The van der Waals surface area contributed by atoms with E-state index < -0.39 is 0 Å². The summed E-state index contributed by atoms with van der Waals surface area (Å²) in [5, 5.41) is 6.89. The Morgan fingerprint density at radius 2 is 1.88 bits per heavy atom. The Morgan fingerprint density at radius 1 is 1.29 bits per heavy atom. The van der Waals surface area contributed by atoms with Crippen LogP contribution in [0, 0.1) is 5.92 Å². The van der Waals surface area contributed by atoms with Crippen LogP contribution in [0.1, 0.15) is 64.2 Å². The number of aromatic nitrogens is 1. The molecule has 0 aliphatic heterocycles. The summed E-state index contributed by atoms with van der Waals surface area (Å²) in [6, 6.07) is 0.408. The van der Waals surface area contributed by atoms with E-state index >= 15 is 0 Å². The smallest absolute Gasteiger partial charge is 0.110 e. The lowest BCUT2D eigenvalue weighted by atomic mass is 9.92. The molecule has 1 atom stereocenters. The van der Waals surface area contributed by atoms with Crippen LogP contribution >= 0.6 is 11.3 Å². The monoisotopic (exact) mass is 254 g/mol. The first-order chi connectivity index (χ1) is 7.93. The van der Waals surface area contributed by atoms with Gasteiger partial charge in [0.2, 0.25) is 0 Å². The first-order valence-electron chi connectivity index (χ1n) is 6.57. The van der Waals surface area contributed by atoms with Crippen LogP contribution in [-0.4, -0.2) is 12.0 Å². The lowest BCUT2D eigenvalue weighted by Crippen LogP contribution is -2.25. The molecule has 2 nitrogen and oxygen atoms in total. The fraction of sp³-hybridized carbons (Fsp3) is 0.786. The topological polar surface area (TPSA) is 24.9 Å². The molecule has 1 heterocycles. The third-order valence-electron chi connectivity index (χ3n) is 3.39. The SMILES string of the molecule is CCC(CC)C(NC)c1nc(C(C)(C)C)cs1. The highest BCUT2D eigenvalue weighted by Gasteiger charge is 2.24. The number of hydrogen-bond donors (Lipinski definition) is 1. The molecule has 0 bridgehead atoms. The van der Waals surface area contributed by atoms with Gasteiger partial charge in [0.05, 0.1) is 11.7 Å². The molecular weight excluding hydrogens is 228 g/mol. The molecule has 1 aromatic rings. The highest BCUT2D eigenvalue weighted by Crippen LogP contribution is 2.32. The van der Waals surface area contributed by atoms with E-state index in [2.05, 4.69) is 45.3 Å². The van der Waals surface area contributed by atoms with E-state index in [-0.39, 0.29) is 5.41 Å². The third-order valence-corrected chi connectivity index (χ3v) is 4.32. The van der Waals surface area contributed by atoms with E-state index in [0.29, 0.717) is 12.0 Å². The maximum Gasteiger partial charge on any atom is 0.110 e. The molecule has 98 valence electrons. The summed E-state index contributed by atoms with van der Waals surface area (Å²) in [4.78, 5) is 4.83. The Hall–Kier alpha value is -0.410. The van der Waals surface area contributed by atoms with Gasteiger partial charge in [-0.25, -0.2) is 4.98 Å². The Balaban J connectivity index is 2.93. The summed E-state index contributed by atoms with van der Waals surface area (Å²) in [6.07, 6.45) is 2.40. The molecule has 17 heavy (non-hydrogen) atoms. The Morgan fingerprint density at radius 3 is 2.24 bits per heavy atom. The maximum atomic E-state index is 4.83. The summed E-state index contributed by atoms with van der Waals surface area (Å²) in [7, 11) is 2.04. The van der Waals surface area contributed by atoms with Crippen molar-refractivity contribution in [3.8, 4) is 0 Å². The van der Waals surface area contributed by atoms with Crippen LogP contribution in [-0.2, 0) is 5.41 Å². The van der Waals surface area contributed by atoms with Crippen molar-refractivity contribution in [2.24, 2.45) is 5.92 Å². The summed E-state index contributed by atoms with van der Waals surface area (Å²) in [6.45, 7) is 11.2. The molecule has 0 saturated heterocycles. The Labute approximate surface area is 110 Å². The van der Waals surface area contributed by atoms with Crippen LogP contribution in [0.2, 0.25) is 0 Å². The maximum absolute atomic E-state index is 4.83. The second kappa shape index (κ2) is 5.96. The van der Waals surface area contributed by atoms with Gasteiger partial charge in [0.25, 0.3) is 0 Å². The van der Waals surface area contributed by atoms with Crippen LogP contribution in [0.25, 0.3) is 0 Å². The van der Waals surface area contributed by atoms with Gasteiger partial charge >= 0.3 is 0 Å². The van der Waals surface area contributed by atoms with Crippen molar-refractivity contribution in [2.45, 2.75) is 58.9 Å². The first kappa shape index (κ1) is 14.7. The molecule has 0 aliphatic rings. The molecule has 1 rings (SSSR count). The molecule has 0 radical (unpaired) electrons. The molecule has 0 spiro atoms. The summed E-state index contributed by atoms with van der Waals surface area (Å²) in [5.74, 6) is 0.680. The summed E-state index contributed by atoms with van der Waals surface area (Å²) in [5.41, 5.74) is 1.37. The van der Waals surface area contributed by atoms with Gasteiger partial charge in [-0.3, -0.25) is 0 Å². The van der Waals surface area contributed by atoms with Gasteiger partial charge in [0.15, 0.2) is 0 Å². The molecule has 1 aromatic heterocycles. The largest absolute Gasteiger partial charge is 0.311 e. The van der Waals surface area contributed by atoms with Crippen molar-refractivity contribution in [3.05, 3.63) is 16.1 Å². The summed E-state index contributed by atoms with van der Waals surface area (Å²) < 4.78 is 0. The minimum atomic E-state index is 0.154. The average molecular weight is 254 g/mol. The minimum Gasteiger partial charge on any atom is -0.311 e. The van der Waals surface area contributed by atoms with Gasteiger partial charge in [-0.15, -0.1) is 11.3 Å². The van der Waals surface area contributed by atoms with Crippen LogP contribution in [0.3, 0.4) is 0 Å². The van der Waals surface area contributed by atoms with Crippen molar-refractivity contribution in [1.29, 1.82) is 0 Å². The van der Waals surface area contributed by atoms with Crippen molar-refractivity contribution in [3.63, 3.8) is 0 Å². The van der Waals surface area contributed by atoms with Crippen molar-refractivity contribution < 1.29 is 0 Å². The van der Waals surface area contributed by atoms with E-state index in [1.54, 1.807) is 11.3 Å². The van der Waals surface area contributed by atoms with E-state index in [9.17, 15) is 0 Å². The fourth-order valence-corrected chi connectivity index (χ4v) is 3.34.